The molecule has 0 radical (unpaired) electrons. The van der Waals surface area contributed by atoms with E-state index in [1.165, 1.54) is 19.1 Å². The lowest BCUT2D eigenvalue weighted by Gasteiger charge is -2.08. The molecule has 2 aromatic rings. The first-order chi connectivity index (χ1) is 9.45. The molecule has 0 spiro atoms. The Labute approximate surface area is 115 Å². The maximum Gasteiger partial charge on any atom is 0.198 e. The SMILES string of the molecule is CCc1nnc(C)cc1C(=O)c1ccc(C)c(F)c1F. The largest absolute Gasteiger partial charge is 0.288 e. The minimum absolute atomic E-state index is 0.166. The maximum atomic E-state index is 13.9. The molecule has 0 fully saturated rings. The van der Waals surface area contributed by atoms with Gasteiger partial charge in [-0.2, -0.15) is 10.2 Å². The van der Waals surface area contributed by atoms with Crippen LogP contribution in [0.1, 0.15) is 39.8 Å². The van der Waals surface area contributed by atoms with Crippen molar-refractivity contribution >= 4 is 5.78 Å². The van der Waals surface area contributed by atoms with Crippen molar-refractivity contribution in [3.05, 3.63) is 57.9 Å². The molecule has 0 saturated carbocycles. The van der Waals surface area contributed by atoms with Crippen LogP contribution in [0.3, 0.4) is 0 Å². The molecule has 0 bridgehead atoms. The molecule has 20 heavy (non-hydrogen) atoms. The molecule has 0 unspecified atom stereocenters. The van der Waals surface area contributed by atoms with E-state index < -0.39 is 17.4 Å². The predicted molar refractivity (Wildman–Crippen MR) is 70.7 cm³/mol. The van der Waals surface area contributed by atoms with E-state index in [0.717, 1.165) is 0 Å². The highest BCUT2D eigenvalue weighted by Gasteiger charge is 2.21. The second-order valence-corrected chi connectivity index (χ2v) is 4.59. The highest BCUT2D eigenvalue weighted by Crippen LogP contribution is 2.20. The number of hydrogen-bond donors (Lipinski definition) is 0. The lowest BCUT2D eigenvalue weighted by atomic mass is 9.99. The molecular formula is C15H14F2N2O. The Kier molecular flexibility index (Phi) is 3.88. The predicted octanol–water partition coefficient (Wildman–Crippen LogP) is 3.17. The van der Waals surface area contributed by atoms with E-state index in [9.17, 15) is 13.6 Å². The van der Waals surface area contributed by atoms with Crippen molar-refractivity contribution in [1.29, 1.82) is 0 Å². The number of nitrogens with zero attached hydrogens (tertiary/aromatic N) is 2. The second-order valence-electron chi connectivity index (χ2n) is 4.59. The van der Waals surface area contributed by atoms with Crippen molar-refractivity contribution in [2.24, 2.45) is 0 Å². The van der Waals surface area contributed by atoms with Crippen molar-refractivity contribution in [3.8, 4) is 0 Å². The number of rotatable bonds is 3. The van der Waals surface area contributed by atoms with Crippen LogP contribution in [0.2, 0.25) is 0 Å². The molecule has 0 aliphatic rings. The summed E-state index contributed by atoms with van der Waals surface area (Å²) in [5.41, 5.74) is 1.18. The summed E-state index contributed by atoms with van der Waals surface area (Å²) < 4.78 is 27.5. The van der Waals surface area contributed by atoms with Crippen LogP contribution in [0.25, 0.3) is 0 Å². The average Bonchev–Trinajstić information content (AvgIpc) is 2.44. The quantitative estimate of drug-likeness (QED) is 0.809. The van der Waals surface area contributed by atoms with Crippen LogP contribution in [0.5, 0.6) is 0 Å². The number of hydrogen-bond acceptors (Lipinski definition) is 3. The van der Waals surface area contributed by atoms with Crippen molar-refractivity contribution in [2.75, 3.05) is 0 Å². The first-order valence-electron chi connectivity index (χ1n) is 6.28. The summed E-state index contributed by atoms with van der Waals surface area (Å²) in [7, 11) is 0. The fourth-order valence-electron chi connectivity index (χ4n) is 1.94. The third-order valence-electron chi connectivity index (χ3n) is 3.09. The molecule has 1 heterocycles. The number of carbonyl (C=O) groups excluding carboxylic acids is 1. The molecule has 1 aromatic heterocycles. The molecule has 5 heteroatoms. The Morgan fingerprint density at radius 1 is 1.10 bits per heavy atom. The molecule has 104 valence electrons. The fourth-order valence-corrected chi connectivity index (χ4v) is 1.94. The van der Waals surface area contributed by atoms with E-state index in [-0.39, 0.29) is 16.7 Å². The summed E-state index contributed by atoms with van der Waals surface area (Å²) in [6.07, 6.45) is 0.490. The first-order valence-corrected chi connectivity index (χ1v) is 6.28. The van der Waals surface area contributed by atoms with Gasteiger partial charge in [-0.25, -0.2) is 8.78 Å². The Morgan fingerprint density at radius 3 is 2.45 bits per heavy atom. The molecule has 3 nitrogen and oxygen atoms in total. The van der Waals surface area contributed by atoms with Gasteiger partial charge in [-0.15, -0.1) is 0 Å². The van der Waals surface area contributed by atoms with E-state index in [0.29, 0.717) is 17.8 Å². The topological polar surface area (TPSA) is 42.9 Å². The Bertz CT molecular complexity index is 684. The normalized spacial score (nSPS) is 10.7. The summed E-state index contributed by atoms with van der Waals surface area (Å²) >= 11 is 0. The highest BCUT2D eigenvalue weighted by atomic mass is 19.2. The van der Waals surface area contributed by atoms with Crippen LogP contribution in [0.4, 0.5) is 8.78 Å². The summed E-state index contributed by atoms with van der Waals surface area (Å²) in [5, 5.41) is 7.80. The van der Waals surface area contributed by atoms with Gasteiger partial charge < -0.3 is 0 Å². The Balaban J connectivity index is 2.57. The smallest absolute Gasteiger partial charge is 0.198 e. The van der Waals surface area contributed by atoms with Gasteiger partial charge in [0.2, 0.25) is 0 Å². The minimum Gasteiger partial charge on any atom is -0.288 e. The van der Waals surface area contributed by atoms with E-state index in [2.05, 4.69) is 10.2 Å². The van der Waals surface area contributed by atoms with Gasteiger partial charge in [0, 0.05) is 5.56 Å². The van der Waals surface area contributed by atoms with Gasteiger partial charge in [0.15, 0.2) is 17.4 Å². The van der Waals surface area contributed by atoms with Crippen LogP contribution in [-0.4, -0.2) is 16.0 Å². The number of aromatic nitrogens is 2. The number of ketones is 1. The molecular weight excluding hydrogens is 262 g/mol. The standard InChI is InChI=1S/C15H14F2N2O/c1-4-12-11(7-9(3)18-19-12)15(20)10-6-5-8(2)13(16)14(10)17/h5-7H,4H2,1-3H3. The van der Waals surface area contributed by atoms with Crippen LogP contribution < -0.4 is 0 Å². The number of aryl methyl sites for hydroxylation is 3. The van der Waals surface area contributed by atoms with Gasteiger partial charge in [-0.3, -0.25) is 4.79 Å². The van der Waals surface area contributed by atoms with Crippen LogP contribution >= 0.6 is 0 Å². The van der Waals surface area contributed by atoms with Crippen LogP contribution in [-0.2, 0) is 6.42 Å². The van der Waals surface area contributed by atoms with Crippen LogP contribution in [0.15, 0.2) is 18.2 Å². The van der Waals surface area contributed by atoms with Gasteiger partial charge in [0.1, 0.15) is 0 Å². The molecule has 0 amide bonds. The Hall–Kier alpha value is -2.17. The number of benzene rings is 1. The van der Waals surface area contributed by atoms with Crippen molar-refractivity contribution in [3.63, 3.8) is 0 Å². The first kappa shape index (κ1) is 14.2. The molecule has 0 aliphatic heterocycles. The maximum absolute atomic E-state index is 13.9. The lowest BCUT2D eigenvalue weighted by Crippen LogP contribution is -2.12. The van der Waals surface area contributed by atoms with E-state index in [1.807, 2.05) is 6.92 Å². The monoisotopic (exact) mass is 276 g/mol. The fraction of sp³-hybridized carbons (Fsp3) is 0.267. The van der Waals surface area contributed by atoms with Gasteiger partial charge in [-0.1, -0.05) is 13.0 Å². The van der Waals surface area contributed by atoms with Crippen molar-refractivity contribution in [2.45, 2.75) is 27.2 Å². The summed E-state index contributed by atoms with van der Waals surface area (Å²) in [6.45, 7) is 4.96. The summed E-state index contributed by atoms with van der Waals surface area (Å²) in [5.74, 6) is -2.68. The zero-order valence-corrected chi connectivity index (χ0v) is 11.5. The van der Waals surface area contributed by atoms with Gasteiger partial charge >= 0.3 is 0 Å². The van der Waals surface area contributed by atoms with Crippen molar-refractivity contribution in [1.82, 2.24) is 10.2 Å². The molecule has 0 atom stereocenters. The lowest BCUT2D eigenvalue weighted by molar-refractivity contribution is 0.103. The average molecular weight is 276 g/mol. The molecule has 1 aromatic carbocycles. The van der Waals surface area contributed by atoms with E-state index in [4.69, 9.17) is 0 Å². The number of carbonyl (C=O) groups is 1. The molecule has 0 N–H and O–H groups in total. The number of halogens is 2. The second kappa shape index (κ2) is 5.45. The van der Waals surface area contributed by atoms with Gasteiger partial charge in [0.05, 0.1) is 17.0 Å². The van der Waals surface area contributed by atoms with Crippen molar-refractivity contribution < 1.29 is 13.6 Å². The zero-order chi connectivity index (χ0) is 14.9. The van der Waals surface area contributed by atoms with Gasteiger partial charge in [-0.05, 0) is 38.0 Å². The highest BCUT2D eigenvalue weighted by molar-refractivity contribution is 6.09. The third kappa shape index (κ3) is 2.43. The minimum atomic E-state index is -1.12. The molecule has 0 aliphatic carbocycles. The summed E-state index contributed by atoms with van der Waals surface area (Å²) in [6, 6.07) is 4.23. The Morgan fingerprint density at radius 2 is 1.80 bits per heavy atom. The van der Waals surface area contributed by atoms with Gasteiger partial charge in [0.25, 0.3) is 0 Å². The van der Waals surface area contributed by atoms with E-state index >= 15 is 0 Å². The zero-order valence-electron chi connectivity index (χ0n) is 11.5. The molecule has 2 rings (SSSR count). The van der Waals surface area contributed by atoms with E-state index in [1.54, 1.807) is 13.0 Å². The third-order valence-corrected chi connectivity index (χ3v) is 3.09. The van der Waals surface area contributed by atoms with Crippen LogP contribution in [0, 0.1) is 25.5 Å². The summed E-state index contributed by atoms with van der Waals surface area (Å²) in [4.78, 5) is 12.4. The molecule has 0 saturated heterocycles.